The first-order valence-electron chi connectivity index (χ1n) is 8.85. The maximum Gasteiger partial charge on any atom is 0.290 e. The summed E-state index contributed by atoms with van der Waals surface area (Å²) in [5, 5.41) is 2.91. The normalized spacial score (nSPS) is 11.4. The fraction of sp³-hybridized carbons (Fsp3) is 0.286. The highest BCUT2D eigenvalue weighted by Crippen LogP contribution is 2.16. The predicted molar refractivity (Wildman–Crippen MR) is 105 cm³/mol. The number of imidazole rings is 1. The summed E-state index contributed by atoms with van der Waals surface area (Å²) in [5.41, 5.74) is 1.49. The van der Waals surface area contributed by atoms with Crippen LogP contribution in [0.1, 0.15) is 47.4 Å². The van der Waals surface area contributed by atoms with Crippen LogP contribution < -0.4 is 5.32 Å². The number of nitrogens with one attached hydrogen (secondary N) is 1. The molecule has 140 valence electrons. The fourth-order valence-electron chi connectivity index (χ4n) is 2.86. The molecule has 6 nitrogen and oxygen atoms in total. The molecule has 0 unspecified atom stereocenters. The molecular formula is C21H24N4O2. The van der Waals surface area contributed by atoms with E-state index in [0.717, 1.165) is 5.56 Å². The summed E-state index contributed by atoms with van der Waals surface area (Å²) in [5.74, 6) is -0.311. The van der Waals surface area contributed by atoms with Crippen molar-refractivity contribution in [2.45, 2.75) is 32.9 Å². The SMILES string of the molecule is CN(Cc1ccccc1)C(=O)c1nc(C(=O)NC(C)(C)C)c2ccccn12. The van der Waals surface area contributed by atoms with Gasteiger partial charge in [0.25, 0.3) is 11.8 Å². The van der Waals surface area contributed by atoms with Gasteiger partial charge >= 0.3 is 0 Å². The number of hydrogen-bond donors (Lipinski definition) is 1. The molecule has 0 aliphatic carbocycles. The third kappa shape index (κ3) is 4.16. The Morgan fingerprint density at radius 1 is 1.07 bits per heavy atom. The zero-order chi connectivity index (χ0) is 19.6. The molecule has 27 heavy (non-hydrogen) atoms. The number of rotatable bonds is 4. The van der Waals surface area contributed by atoms with E-state index in [1.54, 1.807) is 28.6 Å². The van der Waals surface area contributed by atoms with Gasteiger partial charge in [-0.2, -0.15) is 0 Å². The predicted octanol–water partition coefficient (Wildman–Crippen LogP) is 3.13. The first-order valence-corrected chi connectivity index (χ1v) is 8.85. The molecule has 2 amide bonds. The van der Waals surface area contributed by atoms with Crippen LogP contribution in [0.25, 0.3) is 5.52 Å². The first kappa shape index (κ1) is 18.6. The van der Waals surface area contributed by atoms with Gasteiger partial charge in [0.2, 0.25) is 5.82 Å². The minimum atomic E-state index is -0.393. The van der Waals surface area contributed by atoms with Gasteiger partial charge in [-0.05, 0) is 38.5 Å². The van der Waals surface area contributed by atoms with Crippen LogP contribution in [0.4, 0.5) is 0 Å². The van der Waals surface area contributed by atoms with Crippen molar-refractivity contribution >= 4 is 17.3 Å². The van der Waals surface area contributed by atoms with Crippen molar-refractivity contribution in [1.29, 1.82) is 0 Å². The van der Waals surface area contributed by atoms with Gasteiger partial charge in [-0.25, -0.2) is 4.98 Å². The van der Waals surface area contributed by atoms with Crippen molar-refractivity contribution in [2.24, 2.45) is 0 Å². The standard InChI is InChI=1S/C21H24N4O2/c1-21(2,3)23-19(26)17-16-12-8-9-13-25(16)18(22-17)20(27)24(4)14-15-10-6-5-7-11-15/h5-13H,14H2,1-4H3,(H,23,26). The number of pyridine rings is 1. The van der Waals surface area contributed by atoms with Crippen molar-refractivity contribution in [2.75, 3.05) is 7.05 Å². The second-order valence-corrected chi connectivity index (χ2v) is 7.59. The Hall–Kier alpha value is -3.15. The van der Waals surface area contributed by atoms with Crippen LogP contribution in [-0.2, 0) is 6.54 Å². The molecule has 2 aromatic heterocycles. The number of aromatic nitrogens is 2. The van der Waals surface area contributed by atoms with E-state index in [9.17, 15) is 9.59 Å². The van der Waals surface area contributed by atoms with Gasteiger partial charge in [0.1, 0.15) is 0 Å². The van der Waals surface area contributed by atoms with Crippen molar-refractivity contribution in [3.8, 4) is 0 Å². The van der Waals surface area contributed by atoms with Crippen molar-refractivity contribution in [3.63, 3.8) is 0 Å². The lowest BCUT2D eigenvalue weighted by molar-refractivity contribution is 0.0772. The third-order valence-electron chi connectivity index (χ3n) is 4.05. The molecule has 0 bridgehead atoms. The molecule has 0 aliphatic heterocycles. The lowest BCUT2D eigenvalue weighted by Gasteiger charge is -2.19. The largest absolute Gasteiger partial charge is 0.346 e. The summed E-state index contributed by atoms with van der Waals surface area (Å²) < 4.78 is 1.67. The Morgan fingerprint density at radius 3 is 2.41 bits per heavy atom. The highest BCUT2D eigenvalue weighted by Gasteiger charge is 2.25. The number of fused-ring (bicyclic) bond motifs is 1. The van der Waals surface area contributed by atoms with E-state index in [0.29, 0.717) is 12.1 Å². The Bertz CT molecular complexity index is 971. The highest BCUT2D eigenvalue weighted by atomic mass is 16.2. The average molecular weight is 364 g/mol. The smallest absolute Gasteiger partial charge is 0.290 e. The molecule has 0 fully saturated rings. The van der Waals surface area contributed by atoms with Gasteiger partial charge in [-0.1, -0.05) is 36.4 Å². The fourth-order valence-corrected chi connectivity index (χ4v) is 2.86. The Kier molecular flexibility index (Phi) is 4.99. The zero-order valence-corrected chi connectivity index (χ0v) is 16.1. The monoisotopic (exact) mass is 364 g/mol. The maximum absolute atomic E-state index is 13.0. The van der Waals surface area contributed by atoms with Crippen LogP contribution in [0.3, 0.4) is 0 Å². The zero-order valence-electron chi connectivity index (χ0n) is 16.1. The molecule has 0 saturated carbocycles. The van der Waals surface area contributed by atoms with Crippen LogP contribution in [0.2, 0.25) is 0 Å². The number of benzene rings is 1. The van der Waals surface area contributed by atoms with Gasteiger partial charge in [0, 0.05) is 25.3 Å². The number of carbonyl (C=O) groups excluding carboxylic acids is 2. The number of carbonyl (C=O) groups is 2. The second kappa shape index (κ2) is 7.23. The van der Waals surface area contributed by atoms with Crippen molar-refractivity contribution in [3.05, 3.63) is 71.8 Å². The van der Waals surface area contributed by atoms with Crippen molar-refractivity contribution < 1.29 is 9.59 Å². The molecule has 0 saturated heterocycles. The first-order chi connectivity index (χ1) is 12.8. The van der Waals surface area contributed by atoms with Crippen LogP contribution in [-0.4, -0.2) is 38.7 Å². The molecule has 0 radical (unpaired) electrons. The quantitative estimate of drug-likeness (QED) is 0.773. The second-order valence-electron chi connectivity index (χ2n) is 7.59. The van der Waals surface area contributed by atoms with Crippen LogP contribution in [0.5, 0.6) is 0 Å². The Labute approximate surface area is 158 Å². The molecule has 2 heterocycles. The summed E-state index contributed by atoms with van der Waals surface area (Å²) in [6.07, 6.45) is 1.75. The molecule has 1 aromatic carbocycles. The van der Waals surface area contributed by atoms with Crippen LogP contribution >= 0.6 is 0 Å². The molecule has 3 rings (SSSR count). The molecule has 1 N–H and O–H groups in total. The van der Waals surface area contributed by atoms with Gasteiger partial charge in [-0.15, -0.1) is 0 Å². The molecule has 0 aliphatic rings. The summed E-state index contributed by atoms with van der Waals surface area (Å²) in [7, 11) is 1.73. The van der Waals surface area contributed by atoms with Gasteiger partial charge in [-0.3, -0.25) is 14.0 Å². The summed E-state index contributed by atoms with van der Waals surface area (Å²) in [6.45, 7) is 6.18. The summed E-state index contributed by atoms with van der Waals surface area (Å²) in [6, 6.07) is 15.2. The van der Waals surface area contributed by atoms with Gasteiger partial charge in [0.15, 0.2) is 5.69 Å². The molecule has 3 aromatic rings. The molecule has 0 atom stereocenters. The summed E-state index contributed by atoms with van der Waals surface area (Å²) >= 11 is 0. The van der Waals surface area contributed by atoms with E-state index in [4.69, 9.17) is 0 Å². The molecule has 0 spiro atoms. The number of hydrogen-bond acceptors (Lipinski definition) is 3. The minimum Gasteiger partial charge on any atom is -0.346 e. The minimum absolute atomic E-state index is 0.225. The number of nitrogens with zero attached hydrogens (tertiary/aromatic N) is 3. The van der Waals surface area contributed by atoms with Gasteiger partial charge in [0.05, 0.1) is 5.52 Å². The van der Waals surface area contributed by atoms with Crippen LogP contribution in [0.15, 0.2) is 54.7 Å². The highest BCUT2D eigenvalue weighted by molar-refractivity contribution is 6.02. The Balaban J connectivity index is 1.94. The van der Waals surface area contributed by atoms with E-state index in [2.05, 4.69) is 10.3 Å². The van der Waals surface area contributed by atoms with E-state index < -0.39 is 5.54 Å². The van der Waals surface area contributed by atoms with E-state index in [-0.39, 0.29) is 23.3 Å². The number of amides is 2. The maximum atomic E-state index is 13.0. The van der Waals surface area contributed by atoms with E-state index >= 15 is 0 Å². The van der Waals surface area contributed by atoms with Crippen molar-refractivity contribution in [1.82, 2.24) is 19.6 Å². The van der Waals surface area contributed by atoms with Crippen LogP contribution in [0, 0.1) is 0 Å². The molecule has 6 heteroatoms. The van der Waals surface area contributed by atoms with E-state index in [1.807, 2.05) is 63.2 Å². The third-order valence-corrected chi connectivity index (χ3v) is 4.05. The Morgan fingerprint density at radius 2 is 1.74 bits per heavy atom. The topological polar surface area (TPSA) is 66.7 Å². The molecular weight excluding hydrogens is 340 g/mol. The summed E-state index contributed by atoms with van der Waals surface area (Å²) in [4.78, 5) is 31.6. The van der Waals surface area contributed by atoms with E-state index in [1.165, 1.54) is 0 Å². The lowest BCUT2D eigenvalue weighted by atomic mass is 10.1. The lowest BCUT2D eigenvalue weighted by Crippen LogP contribution is -2.40. The van der Waals surface area contributed by atoms with Gasteiger partial charge < -0.3 is 10.2 Å². The average Bonchev–Trinajstić information content (AvgIpc) is 3.00.